The Kier molecular flexibility index (Phi) is 7.23. The smallest absolute Gasteiger partial charge is 0.282 e. The Labute approximate surface area is 138 Å². The van der Waals surface area contributed by atoms with Gasteiger partial charge in [-0.1, -0.05) is 0 Å². The largest absolute Gasteiger partial charge is 0.383 e. The highest BCUT2D eigenvalue weighted by Gasteiger charge is 2.37. The number of ether oxygens (including phenoxy) is 1. The first-order chi connectivity index (χ1) is 9.98. The highest BCUT2D eigenvalue weighted by Crippen LogP contribution is 2.24. The Balaban J connectivity index is 0.00000242. The third-order valence-corrected chi connectivity index (χ3v) is 5.65. The van der Waals surface area contributed by atoms with Gasteiger partial charge in [-0.2, -0.15) is 17.0 Å². The van der Waals surface area contributed by atoms with E-state index in [0.717, 1.165) is 5.82 Å². The number of hydrogen-bond acceptors (Lipinski definition) is 5. The second-order valence-corrected chi connectivity index (χ2v) is 7.04. The van der Waals surface area contributed by atoms with Gasteiger partial charge in [0.25, 0.3) is 10.2 Å². The molecule has 1 aliphatic rings. The van der Waals surface area contributed by atoms with Crippen LogP contribution in [-0.2, 0) is 22.0 Å². The predicted molar refractivity (Wildman–Crippen MR) is 86.2 cm³/mol. The van der Waals surface area contributed by atoms with Gasteiger partial charge in [0.15, 0.2) is 0 Å². The van der Waals surface area contributed by atoms with Crippen LogP contribution in [0.1, 0.15) is 11.9 Å². The number of aromatic nitrogens is 2. The molecule has 22 heavy (non-hydrogen) atoms. The van der Waals surface area contributed by atoms with Gasteiger partial charge >= 0.3 is 0 Å². The molecule has 1 saturated heterocycles. The second-order valence-electron chi connectivity index (χ2n) is 5.05. The molecule has 0 amide bonds. The van der Waals surface area contributed by atoms with Gasteiger partial charge in [0.2, 0.25) is 0 Å². The number of aryl methyl sites for hydroxylation is 1. The standard InChI is InChI=1S/C12H23N5O3S.ClH/c1-15-6-5-14-12(15)11-10-13-4-7-17(11)21(18,19)16(2)8-9-20-3;/h5-6,11,13H,4,7-10H2,1-3H3;1H. The fraction of sp³-hybridized carbons (Fsp3) is 0.750. The molecular weight excluding hydrogens is 330 g/mol. The average molecular weight is 354 g/mol. The maximum Gasteiger partial charge on any atom is 0.282 e. The minimum Gasteiger partial charge on any atom is -0.383 e. The third kappa shape index (κ3) is 3.98. The SMILES string of the molecule is COCCN(C)S(=O)(=O)N1CCNCC1c1nccn1C.Cl. The van der Waals surface area contributed by atoms with Crippen LogP contribution in [0, 0.1) is 0 Å². The first kappa shape index (κ1) is 19.3. The lowest BCUT2D eigenvalue weighted by atomic mass is 10.2. The number of nitrogens with zero attached hydrogens (tertiary/aromatic N) is 4. The predicted octanol–water partition coefficient (Wildman–Crippen LogP) is -0.389. The normalized spacial score (nSPS) is 20.1. The molecule has 2 rings (SSSR count). The monoisotopic (exact) mass is 353 g/mol. The van der Waals surface area contributed by atoms with Crippen LogP contribution in [0.25, 0.3) is 0 Å². The fourth-order valence-electron chi connectivity index (χ4n) is 2.39. The molecule has 1 fully saturated rings. The van der Waals surface area contributed by atoms with Gasteiger partial charge in [0.1, 0.15) is 5.82 Å². The summed E-state index contributed by atoms with van der Waals surface area (Å²) in [7, 11) is 1.47. The van der Waals surface area contributed by atoms with Crippen LogP contribution < -0.4 is 5.32 Å². The van der Waals surface area contributed by atoms with Crippen LogP contribution in [0.4, 0.5) is 0 Å². The topological polar surface area (TPSA) is 79.7 Å². The Hall–Kier alpha value is -0.710. The molecule has 0 aliphatic carbocycles. The summed E-state index contributed by atoms with van der Waals surface area (Å²) in [6, 6.07) is -0.297. The number of methoxy groups -OCH3 is 1. The number of imidazole rings is 1. The zero-order valence-electron chi connectivity index (χ0n) is 13.1. The van der Waals surface area contributed by atoms with Gasteiger partial charge in [0, 0.05) is 59.8 Å². The van der Waals surface area contributed by atoms with Crippen LogP contribution in [0.3, 0.4) is 0 Å². The first-order valence-electron chi connectivity index (χ1n) is 6.88. The average Bonchev–Trinajstić information content (AvgIpc) is 2.90. The van der Waals surface area contributed by atoms with Crippen LogP contribution in [0.15, 0.2) is 12.4 Å². The minimum absolute atomic E-state index is 0. The van der Waals surface area contributed by atoms with E-state index < -0.39 is 10.2 Å². The van der Waals surface area contributed by atoms with Gasteiger partial charge in [-0.15, -0.1) is 12.4 Å². The van der Waals surface area contributed by atoms with Gasteiger partial charge in [-0.3, -0.25) is 0 Å². The first-order valence-corrected chi connectivity index (χ1v) is 8.28. The van der Waals surface area contributed by atoms with E-state index in [2.05, 4.69) is 10.3 Å². The molecule has 1 aromatic rings. The summed E-state index contributed by atoms with van der Waals surface area (Å²) >= 11 is 0. The number of hydrogen-bond donors (Lipinski definition) is 1. The lowest BCUT2D eigenvalue weighted by Gasteiger charge is -2.36. The van der Waals surface area contributed by atoms with Crippen molar-refractivity contribution >= 4 is 22.6 Å². The number of nitrogens with one attached hydrogen (secondary N) is 1. The van der Waals surface area contributed by atoms with Crippen LogP contribution in [0.5, 0.6) is 0 Å². The van der Waals surface area contributed by atoms with E-state index in [0.29, 0.717) is 32.8 Å². The Morgan fingerprint density at radius 1 is 1.55 bits per heavy atom. The van der Waals surface area contributed by atoms with Crippen molar-refractivity contribution in [2.45, 2.75) is 6.04 Å². The van der Waals surface area contributed by atoms with Crippen molar-refractivity contribution < 1.29 is 13.2 Å². The Morgan fingerprint density at radius 2 is 2.27 bits per heavy atom. The van der Waals surface area contributed by atoms with Crippen LogP contribution >= 0.6 is 12.4 Å². The molecule has 10 heteroatoms. The highest BCUT2D eigenvalue weighted by molar-refractivity contribution is 7.86. The molecule has 0 aromatic carbocycles. The lowest BCUT2D eigenvalue weighted by molar-refractivity contribution is 0.177. The molecule has 2 heterocycles. The molecule has 1 aromatic heterocycles. The van der Waals surface area contributed by atoms with E-state index >= 15 is 0 Å². The van der Waals surface area contributed by atoms with E-state index in [1.807, 2.05) is 17.8 Å². The molecule has 0 radical (unpaired) electrons. The number of piperazine rings is 1. The van der Waals surface area contributed by atoms with E-state index in [1.165, 1.54) is 8.61 Å². The van der Waals surface area contributed by atoms with Crippen LogP contribution in [-0.4, -0.2) is 73.5 Å². The van der Waals surface area contributed by atoms with Crippen molar-refractivity contribution in [1.29, 1.82) is 0 Å². The van der Waals surface area contributed by atoms with Gasteiger partial charge in [-0.25, -0.2) is 4.98 Å². The molecule has 1 aliphatic heterocycles. The van der Waals surface area contributed by atoms with Crippen molar-refractivity contribution in [3.05, 3.63) is 18.2 Å². The Bertz CT molecular complexity index is 565. The minimum atomic E-state index is -3.53. The summed E-state index contributed by atoms with van der Waals surface area (Å²) in [5.41, 5.74) is 0. The van der Waals surface area contributed by atoms with Gasteiger partial charge in [0.05, 0.1) is 12.6 Å². The molecule has 0 spiro atoms. The summed E-state index contributed by atoms with van der Waals surface area (Å²) in [5.74, 6) is 0.742. The molecule has 8 nitrogen and oxygen atoms in total. The number of halogens is 1. The third-order valence-electron chi connectivity index (χ3n) is 3.65. The highest BCUT2D eigenvalue weighted by atomic mass is 35.5. The summed E-state index contributed by atoms with van der Waals surface area (Å²) in [5, 5.41) is 3.23. The second kappa shape index (κ2) is 8.23. The van der Waals surface area contributed by atoms with E-state index in [1.54, 1.807) is 20.4 Å². The van der Waals surface area contributed by atoms with Crippen molar-refractivity contribution in [3.63, 3.8) is 0 Å². The zero-order valence-corrected chi connectivity index (χ0v) is 14.7. The Morgan fingerprint density at radius 3 is 2.86 bits per heavy atom. The van der Waals surface area contributed by atoms with E-state index in [9.17, 15) is 8.42 Å². The summed E-state index contributed by atoms with van der Waals surface area (Å²) in [6.07, 6.45) is 3.51. The van der Waals surface area contributed by atoms with Crippen molar-refractivity contribution in [2.75, 3.05) is 46.9 Å². The summed E-state index contributed by atoms with van der Waals surface area (Å²) < 4.78 is 35.1. The van der Waals surface area contributed by atoms with Crippen molar-refractivity contribution in [1.82, 2.24) is 23.5 Å². The summed E-state index contributed by atoms with van der Waals surface area (Å²) in [4.78, 5) is 4.30. The lowest BCUT2D eigenvalue weighted by Crippen LogP contribution is -2.53. The number of likely N-dealkylation sites (N-methyl/N-ethyl adjacent to an activating group) is 1. The molecular formula is C12H24ClN5O3S. The molecule has 0 bridgehead atoms. The molecule has 128 valence electrons. The quantitative estimate of drug-likeness (QED) is 0.753. The van der Waals surface area contributed by atoms with Gasteiger partial charge in [-0.05, 0) is 0 Å². The maximum absolute atomic E-state index is 12.7. The van der Waals surface area contributed by atoms with Gasteiger partial charge < -0.3 is 14.6 Å². The fourth-order valence-corrected chi connectivity index (χ4v) is 3.87. The molecule has 1 N–H and O–H groups in total. The summed E-state index contributed by atoms with van der Waals surface area (Å²) in [6.45, 7) is 2.32. The molecule has 1 atom stereocenters. The molecule has 0 saturated carbocycles. The number of rotatable bonds is 6. The molecule has 1 unspecified atom stereocenters. The van der Waals surface area contributed by atoms with Crippen molar-refractivity contribution in [2.24, 2.45) is 7.05 Å². The maximum atomic E-state index is 12.7. The van der Waals surface area contributed by atoms with Crippen molar-refractivity contribution in [3.8, 4) is 0 Å². The zero-order chi connectivity index (χ0) is 15.5. The van der Waals surface area contributed by atoms with E-state index in [4.69, 9.17) is 4.74 Å². The van der Waals surface area contributed by atoms with Crippen LogP contribution in [0.2, 0.25) is 0 Å². The van der Waals surface area contributed by atoms with E-state index in [-0.39, 0.29) is 18.4 Å².